The molecule has 3 aromatic rings. The Morgan fingerprint density at radius 3 is 2.56 bits per heavy atom. The maximum absolute atomic E-state index is 13.2. The zero-order valence-corrected chi connectivity index (χ0v) is 16.0. The van der Waals surface area contributed by atoms with Crippen molar-refractivity contribution < 1.29 is 9.47 Å². The van der Waals surface area contributed by atoms with Crippen LogP contribution in [0.4, 0.5) is 0 Å². The molecule has 8 heteroatoms. The largest absolute Gasteiger partial charge is 0.495 e. The lowest BCUT2D eigenvalue weighted by atomic mass is 10.2. The van der Waals surface area contributed by atoms with Crippen LogP contribution in [0.3, 0.4) is 0 Å². The molecule has 0 aliphatic heterocycles. The predicted molar refractivity (Wildman–Crippen MR) is 103 cm³/mol. The minimum Gasteiger partial charge on any atom is -0.495 e. The lowest BCUT2D eigenvalue weighted by Gasteiger charge is -2.15. The summed E-state index contributed by atoms with van der Waals surface area (Å²) in [6, 6.07) is 7.17. The maximum Gasteiger partial charge on any atom is 0.337 e. The van der Waals surface area contributed by atoms with E-state index in [2.05, 4.69) is 18.8 Å². The molecule has 0 aliphatic rings. The van der Waals surface area contributed by atoms with Gasteiger partial charge in [-0.1, -0.05) is 26.0 Å². The molecule has 2 aromatic heterocycles. The van der Waals surface area contributed by atoms with Gasteiger partial charge in [-0.15, -0.1) is 0 Å². The van der Waals surface area contributed by atoms with Gasteiger partial charge in [0.1, 0.15) is 5.75 Å². The van der Waals surface area contributed by atoms with E-state index in [1.54, 1.807) is 30.1 Å². The molecular weight excluding hydrogens is 348 g/mol. The highest BCUT2D eigenvalue weighted by atomic mass is 16.5. The number of hydrogen-bond donors (Lipinski definition) is 0. The first-order valence-electron chi connectivity index (χ1n) is 8.82. The number of hydrogen-bond acceptors (Lipinski definition) is 5. The highest BCUT2D eigenvalue weighted by molar-refractivity contribution is 5.73. The zero-order valence-electron chi connectivity index (χ0n) is 16.0. The van der Waals surface area contributed by atoms with Gasteiger partial charge < -0.3 is 14.0 Å². The Labute approximate surface area is 156 Å². The van der Waals surface area contributed by atoms with Crippen LogP contribution in [0.1, 0.15) is 13.8 Å². The summed E-state index contributed by atoms with van der Waals surface area (Å²) in [5, 5.41) is 0. The van der Waals surface area contributed by atoms with E-state index in [9.17, 15) is 9.59 Å². The lowest BCUT2D eigenvalue weighted by molar-refractivity contribution is 0.184. The molecule has 0 bridgehead atoms. The molecule has 27 heavy (non-hydrogen) atoms. The Morgan fingerprint density at radius 1 is 1.15 bits per heavy atom. The molecule has 2 heterocycles. The maximum atomic E-state index is 13.2. The van der Waals surface area contributed by atoms with E-state index in [-0.39, 0.29) is 18.7 Å². The van der Waals surface area contributed by atoms with Gasteiger partial charge in [0.05, 0.1) is 32.3 Å². The van der Waals surface area contributed by atoms with Crippen LogP contribution in [0.25, 0.3) is 16.9 Å². The summed E-state index contributed by atoms with van der Waals surface area (Å²) in [5.74, 6) is 0.845. The Balaban J connectivity index is 2.40. The molecule has 8 nitrogen and oxygen atoms in total. The first-order valence-corrected chi connectivity index (χ1v) is 8.82. The zero-order chi connectivity index (χ0) is 19.6. The van der Waals surface area contributed by atoms with Gasteiger partial charge in [0.2, 0.25) is 0 Å². The number of aromatic nitrogens is 4. The van der Waals surface area contributed by atoms with Crippen molar-refractivity contribution in [1.82, 2.24) is 18.7 Å². The summed E-state index contributed by atoms with van der Waals surface area (Å²) in [6.45, 7) is 5.16. The van der Waals surface area contributed by atoms with E-state index < -0.39 is 5.69 Å². The molecule has 1 aromatic carbocycles. The number of benzene rings is 1. The van der Waals surface area contributed by atoms with Crippen molar-refractivity contribution in [2.75, 3.05) is 20.8 Å². The molecule has 0 N–H and O–H groups in total. The molecule has 0 fully saturated rings. The van der Waals surface area contributed by atoms with E-state index in [1.807, 2.05) is 12.1 Å². The fourth-order valence-electron chi connectivity index (χ4n) is 3.12. The third-order valence-corrected chi connectivity index (χ3v) is 4.31. The van der Waals surface area contributed by atoms with Gasteiger partial charge in [-0.3, -0.25) is 9.36 Å². The Morgan fingerprint density at radius 2 is 1.89 bits per heavy atom. The van der Waals surface area contributed by atoms with E-state index >= 15 is 0 Å². The third-order valence-electron chi connectivity index (χ3n) is 4.31. The number of nitrogens with zero attached hydrogens (tertiary/aromatic N) is 4. The molecule has 0 atom stereocenters. The SMILES string of the molecule is COCCn1c(=O)c2c(ncn2CC(C)C)n(-c2ccccc2OC)c1=O. The first-order chi connectivity index (χ1) is 13.0. The van der Waals surface area contributed by atoms with Gasteiger partial charge in [-0.25, -0.2) is 14.3 Å². The first kappa shape index (κ1) is 18.9. The summed E-state index contributed by atoms with van der Waals surface area (Å²) in [7, 11) is 3.07. The number of fused-ring (bicyclic) bond motifs is 1. The minimum atomic E-state index is -0.469. The predicted octanol–water partition coefficient (Wildman–Crippen LogP) is 1.66. The molecule has 0 saturated heterocycles. The standard InChI is InChI=1S/C19H24N4O4/c1-13(2)11-21-12-20-17-16(21)18(24)22(9-10-26-3)19(25)23(17)14-7-5-6-8-15(14)27-4/h5-8,12-13H,9-11H2,1-4H3. The molecule has 144 valence electrons. The van der Waals surface area contributed by atoms with Crippen molar-refractivity contribution in [1.29, 1.82) is 0 Å². The smallest absolute Gasteiger partial charge is 0.337 e. The number of rotatable bonds is 7. The highest BCUT2D eigenvalue weighted by Crippen LogP contribution is 2.23. The van der Waals surface area contributed by atoms with Crippen LogP contribution < -0.4 is 16.0 Å². The number of para-hydroxylation sites is 2. The fourth-order valence-corrected chi connectivity index (χ4v) is 3.12. The van der Waals surface area contributed by atoms with Crippen molar-refractivity contribution >= 4 is 11.2 Å². The molecule has 0 spiro atoms. The van der Waals surface area contributed by atoms with Gasteiger partial charge in [-0.2, -0.15) is 0 Å². The number of methoxy groups -OCH3 is 2. The van der Waals surface area contributed by atoms with Gasteiger partial charge in [0.15, 0.2) is 11.2 Å². The quantitative estimate of drug-likeness (QED) is 0.630. The second kappa shape index (κ2) is 7.79. The summed E-state index contributed by atoms with van der Waals surface area (Å²) >= 11 is 0. The topological polar surface area (TPSA) is 80.3 Å². The van der Waals surface area contributed by atoms with Crippen molar-refractivity contribution in [3.8, 4) is 11.4 Å². The van der Waals surface area contributed by atoms with E-state index in [0.29, 0.717) is 35.1 Å². The minimum absolute atomic E-state index is 0.159. The Bertz CT molecular complexity index is 1060. The van der Waals surface area contributed by atoms with Gasteiger partial charge >= 0.3 is 5.69 Å². The average molecular weight is 372 g/mol. The molecular formula is C19H24N4O4. The Kier molecular flexibility index (Phi) is 5.46. The molecule has 3 rings (SSSR count). The van der Waals surface area contributed by atoms with Crippen LogP contribution in [0, 0.1) is 5.92 Å². The van der Waals surface area contributed by atoms with Gasteiger partial charge in [-0.05, 0) is 18.1 Å². The normalized spacial score (nSPS) is 11.4. The van der Waals surface area contributed by atoms with E-state index in [0.717, 1.165) is 0 Å². The second-order valence-electron chi connectivity index (χ2n) is 6.70. The lowest BCUT2D eigenvalue weighted by Crippen LogP contribution is -2.41. The second-order valence-corrected chi connectivity index (χ2v) is 6.70. The highest BCUT2D eigenvalue weighted by Gasteiger charge is 2.21. The van der Waals surface area contributed by atoms with Crippen LogP contribution >= 0.6 is 0 Å². The average Bonchev–Trinajstić information content (AvgIpc) is 3.05. The van der Waals surface area contributed by atoms with Crippen molar-refractivity contribution in [2.45, 2.75) is 26.9 Å². The molecule has 0 saturated carbocycles. The van der Waals surface area contributed by atoms with Crippen LogP contribution in [-0.4, -0.2) is 39.5 Å². The monoisotopic (exact) mass is 372 g/mol. The van der Waals surface area contributed by atoms with Crippen molar-refractivity contribution in [2.24, 2.45) is 5.92 Å². The molecule has 0 aliphatic carbocycles. The van der Waals surface area contributed by atoms with Crippen LogP contribution in [0.5, 0.6) is 5.75 Å². The van der Waals surface area contributed by atoms with Gasteiger partial charge in [0.25, 0.3) is 5.56 Å². The molecule has 0 amide bonds. The van der Waals surface area contributed by atoms with Crippen LogP contribution in [0.15, 0.2) is 40.2 Å². The summed E-state index contributed by atoms with van der Waals surface area (Å²) in [6.07, 6.45) is 1.61. The number of imidazole rings is 1. The summed E-state index contributed by atoms with van der Waals surface area (Å²) < 4.78 is 14.9. The van der Waals surface area contributed by atoms with Crippen LogP contribution in [0.2, 0.25) is 0 Å². The van der Waals surface area contributed by atoms with Crippen molar-refractivity contribution in [3.63, 3.8) is 0 Å². The summed E-state index contributed by atoms with van der Waals surface area (Å²) in [4.78, 5) is 30.6. The summed E-state index contributed by atoms with van der Waals surface area (Å²) in [5.41, 5.74) is 0.422. The van der Waals surface area contributed by atoms with Crippen molar-refractivity contribution in [3.05, 3.63) is 51.4 Å². The Hall–Kier alpha value is -2.87. The van der Waals surface area contributed by atoms with Crippen LogP contribution in [-0.2, 0) is 17.8 Å². The van der Waals surface area contributed by atoms with E-state index in [4.69, 9.17) is 9.47 Å². The fraction of sp³-hybridized carbons (Fsp3) is 0.421. The van der Waals surface area contributed by atoms with E-state index in [1.165, 1.54) is 16.2 Å². The number of ether oxygens (including phenoxy) is 2. The third kappa shape index (κ3) is 3.40. The van der Waals surface area contributed by atoms with Gasteiger partial charge in [0, 0.05) is 13.7 Å². The molecule has 0 unspecified atom stereocenters. The molecule has 0 radical (unpaired) electrons.